The fourth-order valence-electron chi connectivity index (χ4n) is 4.96. The molecule has 3 aromatic rings. The Kier molecular flexibility index (Phi) is 6.54. The van der Waals surface area contributed by atoms with Crippen LogP contribution in [-0.2, 0) is 14.8 Å². The Morgan fingerprint density at radius 2 is 1.85 bits per heavy atom. The molecule has 1 unspecified atom stereocenters. The molecule has 1 N–H and O–H groups in total. The van der Waals surface area contributed by atoms with Gasteiger partial charge in [-0.25, -0.2) is 13.1 Å². The van der Waals surface area contributed by atoms with E-state index in [0.717, 1.165) is 47.3 Å². The summed E-state index contributed by atoms with van der Waals surface area (Å²) in [6.45, 7) is 4.49. The fraction of sp³-hybridized carbons (Fsp3) is 0.417. The summed E-state index contributed by atoms with van der Waals surface area (Å²) in [7, 11) is -3.69. The maximum absolute atomic E-state index is 13.2. The van der Waals surface area contributed by atoms with Crippen LogP contribution in [0.25, 0.3) is 10.1 Å². The van der Waals surface area contributed by atoms with Gasteiger partial charge in [0.2, 0.25) is 5.91 Å². The molecule has 10 heteroatoms. The van der Waals surface area contributed by atoms with Crippen LogP contribution in [0.5, 0.6) is 0 Å². The molecular weight excluding hydrogens is 492 g/mol. The molecule has 1 atom stereocenters. The second-order valence-electron chi connectivity index (χ2n) is 9.01. The number of nitrogens with zero attached hydrogens (tertiary/aromatic N) is 3. The molecule has 2 saturated heterocycles. The molecule has 2 aromatic heterocycles. The molecule has 4 heterocycles. The van der Waals surface area contributed by atoms with Gasteiger partial charge in [-0.3, -0.25) is 9.78 Å². The van der Waals surface area contributed by atoms with Crippen LogP contribution in [0.2, 0.25) is 5.02 Å². The Morgan fingerprint density at radius 3 is 2.59 bits per heavy atom. The number of anilines is 1. The number of nitrogens with one attached hydrogen (secondary N) is 1. The number of rotatable bonds is 5. The number of aryl methyl sites for hydroxylation is 1. The number of fused-ring (bicyclic) bond motifs is 1. The molecule has 0 saturated carbocycles. The summed E-state index contributed by atoms with van der Waals surface area (Å²) < 4.78 is 30.3. The van der Waals surface area contributed by atoms with Crippen LogP contribution in [0.4, 0.5) is 5.69 Å². The standard InChI is InChI=1S/C24H27ClN4O3S2/c1-16-21-3-2-18(25)14-22(21)33-24(16)34(31,32)27-19-8-13-29(15-19)23(30)17-6-11-28(12-7-17)20-4-9-26-10-5-20/h2-5,9-10,14,17,19,27H,6-8,11-13,15H2,1H3. The number of hydrogen-bond acceptors (Lipinski definition) is 6. The van der Waals surface area contributed by atoms with Gasteiger partial charge in [0.25, 0.3) is 10.0 Å². The molecule has 0 spiro atoms. The summed E-state index contributed by atoms with van der Waals surface area (Å²) in [6, 6.07) is 9.13. The van der Waals surface area contributed by atoms with E-state index in [0.29, 0.717) is 28.7 Å². The minimum absolute atomic E-state index is 0.0111. The van der Waals surface area contributed by atoms with Crippen LogP contribution in [0.3, 0.4) is 0 Å². The van der Waals surface area contributed by atoms with Crippen molar-refractivity contribution in [3.8, 4) is 0 Å². The van der Waals surface area contributed by atoms with Gasteiger partial charge in [-0.05, 0) is 61.4 Å². The highest BCUT2D eigenvalue weighted by atomic mass is 35.5. The molecule has 5 rings (SSSR count). The number of halogens is 1. The van der Waals surface area contributed by atoms with Crippen LogP contribution in [-0.4, -0.2) is 56.4 Å². The second kappa shape index (κ2) is 9.45. The van der Waals surface area contributed by atoms with Crippen molar-refractivity contribution in [2.24, 2.45) is 5.92 Å². The van der Waals surface area contributed by atoms with Gasteiger partial charge in [0.05, 0.1) is 0 Å². The zero-order chi connectivity index (χ0) is 23.9. The monoisotopic (exact) mass is 518 g/mol. The first-order valence-electron chi connectivity index (χ1n) is 11.5. The molecule has 2 fully saturated rings. The van der Waals surface area contributed by atoms with Gasteiger partial charge in [0, 0.05) is 65.9 Å². The number of aromatic nitrogens is 1. The first-order chi connectivity index (χ1) is 16.3. The van der Waals surface area contributed by atoms with Crippen molar-refractivity contribution in [3.05, 3.63) is 53.3 Å². The highest BCUT2D eigenvalue weighted by Gasteiger charge is 2.35. The predicted molar refractivity (Wildman–Crippen MR) is 136 cm³/mol. The van der Waals surface area contributed by atoms with Crippen molar-refractivity contribution in [2.75, 3.05) is 31.1 Å². The molecule has 2 aliphatic heterocycles. The van der Waals surface area contributed by atoms with Gasteiger partial charge in [-0.2, -0.15) is 0 Å². The van der Waals surface area contributed by atoms with Crippen molar-refractivity contribution in [3.63, 3.8) is 0 Å². The first kappa shape index (κ1) is 23.5. The van der Waals surface area contributed by atoms with Crippen molar-refractivity contribution < 1.29 is 13.2 Å². The van der Waals surface area contributed by atoms with E-state index in [1.54, 1.807) is 24.5 Å². The van der Waals surface area contributed by atoms with E-state index in [1.165, 1.54) is 11.3 Å². The average molecular weight is 519 g/mol. The Morgan fingerprint density at radius 1 is 1.12 bits per heavy atom. The summed E-state index contributed by atoms with van der Waals surface area (Å²) in [6.07, 6.45) is 5.80. The van der Waals surface area contributed by atoms with Crippen LogP contribution in [0.15, 0.2) is 46.9 Å². The summed E-state index contributed by atoms with van der Waals surface area (Å²) in [4.78, 5) is 21.3. The molecule has 7 nitrogen and oxygen atoms in total. The Bertz CT molecular complexity index is 1300. The lowest BCUT2D eigenvalue weighted by atomic mass is 9.95. The molecule has 180 valence electrons. The molecule has 0 bridgehead atoms. The number of thiophene rings is 1. The van der Waals surface area contributed by atoms with Crippen LogP contribution >= 0.6 is 22.9 Å². The molecule has 0 aliphatic carbocycles. The summed E-state index contributed by atoms with van der Waals surface area (Å²) in [5.41, 5.74) is 1.87. The lowest BCUT2D eigenvalue weighted by Crippen LogP contribution is -2.43. The number of sulfonamides is 1. The van der Waals surface area contributed by atoms with Crippen LogP contribution < -0.4 is 9.62 Å². The van der Waals surface area contributed by atoms with E-state index in [1.807, 2.05) is 30.0 Å². The number of likely N-dealkylation sites (tertiary alicyclic amines) is 1. The van der Waals surface area contributed by atoms with Gasteiger partial charge < -0.3 is 9.80 Å². The lowest BCUT2D eigenvalue weighted by Gasteiger charge is -2.34. The Labute approximate surface area is 208 Å². The number of benzene rings is 1. The quantitative estimate of drug-likeness (QED) is 0.551. The zero-order valence-electron chi connectivity index (χ0n) is 18.9. The van der Waals surface area contributed by atoms with Crippen LogP contribution in [0.1, 0.15) is 24.8 Å². The van der Waals surface area contributed by atoms with E-state index in [2.05, 4.69) is 14.6 Å². The number of pyridine rings is 1. The first-order valence-corrected chi connectivity index (χ1v) is 14.1. The van der Waals surface area contributed by atoms with E-state index in [-0.39, 0.29) is 17.9 Å². The largest absolute Gasteiger partial charge is 0.371 e. The minimum Gasteiger partial charge on any atom is -0.371 e. The molecule has 1 amide bonds. The number of amides is 1. The molecular formula is C24H27ClN4O3S2. The van der Waals surface area contributed by atoms with E-state index in [9.17, 15) is 13.2 Å². The number of carbonyl (C=O) groups is 1. The molecule has 1 aromatic carbocycles. The Balaban J connectivity index is 1.20. The number of carbonyl (C=O) groups excluding carboxylic acids is 1. The third-order valence-corrected chi connectivity index (χ3v) is 10.4. The molecule has 34 heavy (non-hydrogen) atoms. The van der Waals surface area contributed by atoms with E-state index < -0.39 is 10.0 Å². The van der Waals surface area contributed by atoms with Gasteiger partial charge in [-0.1, -0.05) is 17.7 Å². The van der Waals surface area contributed by atoms with Crippen molar-refractivity contribution in [1.29, 1.82) is 0 Å². The van der Waals surface area contributed by atoms with Gasteiger partial charge >= 0.3 is 0 Å². The van der Waals surface area contributed by atoms with Crippen molar-refractivity contribution >= 4 is 54.6 Å². The average Bonchev–Trinajstić information content (AvgIpc) is 3.43. The van der Waals surface area contributed by atoms with E-state index >= 15 is 0 Å². The van der Waals surface area contributed by atoms with Gasteiger partial charge in [0.15, 0.2) is 0 Å². The third kappa shape index (κ3) is 4.66. The summed E-state index contributed by atoms with van der Waals surface area (Å²) in [5.74, 6) is 0.131. The number of piperidine rings is 1. The van der Waals surface area contributed by atoms with Crippen molar-refractivity contribution in [1.82, 2.24) is 14.6 Å². The number of hydrogen-bond donors (Lipinski definition) is 1. The lowest BCUT2D eigenvalue weighted by molar-refractivity contribution is -0.135. The smallest absolute Gasteiger partial charge is 0.250 e. The highest BCUT2D eigenvalue weighted by molar-refractivity contribution is 7.91. The normalized spacial score (nSPS) is 19.8. The SMILES string of the molecule is Cc1c(S(=O)(=O)NC2CCN(C(=O)C3CCN(c4ccncc4)CC3)C2)sc2cc(Cl)ccc12. The van der Waals surface area contributed by atoms with Crippen LogP contribution in [0, 0.1) is 12.8 Å². The van der Waals surface area contributed by atoms with Gasteiger partial charge in [0.1, 0.15) is 4.21 Å². The molecule has 2 aliphatic rings. The maximum atomic E-state index is 13.2. The molecule has 0 radical (unpaired) electrons. The topological polar surface area (TPSA) is 82.6 Å². The highest BCUT2D eigenvalue weighted by Crippen LogP contribution is 2.36. The minimum atomic E-state index is -3.69. The van der Waals surface area contributed by atoms with E-state index in [4.69, 9.17) is 11.6 Å². The maximum Gasteiger partial charge on any atom is 0.250 e. The third-order valence-electron chi connectivity index (χ3n) is 6.79. The Hall–Kier alpha value is -2.20. The van der Waals surface area contributed by atoms with Gasteiger partial charge in [-0.15, -0.1) is 11.3 Å². The predicted octanol–water partition coefficient (Wildman–Crippen LogP) is 4.05. The zero-order valence-corrected chi connectivity index (χ0v) is 21.3. The summed E-state index contributed by atoms with van der Waals surface area (Å²) in [5, 5.41) is 1.48. The second-order valence-corrected chi connectivity index (χ2v) is 12.4. The van der Waals surface area contributed by atoms with Crippen molar-refractivity contribution in [2.45, 2.75) is 36.4 Å². The fourth-order valence-corrected chi connectivity index (χ4v) is 8.28. The summed E-state index contributed by atoms with van der Waals surface area (Å²) >= 11 is 7.31.